The second-order valence-electron chi connectivity index (χ2n) is 4.36. The summed E-state index contributed by atoms with van der Waals surface area (Å²) in [6.45, 7) is 0. The molecule has 0 fully saturated rings. The molecule has 0 saturated carbocycles. The van der Waals surface area contributed by atoms with Gasteiger partial charge in [0.1, 0.15) is 5.69 Å². The standard InChI is InChI=1S/C14H12BrN5O2/c1-22-10-6-7-16-14(18-10)20-19-13(21)12-11(15)8-4-2-3-5-9(8)17-12/h2-7,17H,1H3,(H,19,21)(H,16,18,20). The molecule has 0 aliphatic carbocycles. The first kappa shape index (κ1) is 14.3. The number of hydrogen-bond donors (Lipinski definition) is 3. The smallest absolute Gasteiger partial charge is 0.287 e. The number of nitrogens with zero attached hydrogens (tertiary/aromatic N) is 2. The van der Waals surface area contributed by atoms with Gasteiger partial charge in [0.15, 0.2) is 0 Å². The Hall–Kier alpha value is -2.61. The number of nitrogens with one attached hydrogen (secondary N) is 3. The van der Waals surface area contributed by atoms with E-state index in [1.807, 2.05) is 24.3 Å². The van der Waals surface area contributed by atoms with Crippen LogP contribution in [0.4, 0.5) is 5.95 Å². The van der Waals surface area contributed by atoms with Gasteiger partial charge in [0.25, 0.3) is 5.91 Å². The van der Waals surface area contributed by atoms with Crippen molar-refractivity contribution in [2.75, 3.05) is 12.5 Å². The number of anilines is 1. The Morgan fingerprint density at radius 3 is 2.91 bits per heavy atom. The van der Waals surface area contributed by atoms with E-state index in [0.717, 1.165) is 10.9 Å². The lowest BCUT2D eigenvalue weighted by Gasteiger charge is -2.07. The molecule has 0 radical (unpaired) electrons. The summed E-state index contributed by atoms with van der Waals surface area (Å²) < 4.78 is 5.69. The fourth-order valence-electron chi connectivity index (χ4n) is 1.96. The number of rotatable bonds is 4. The molecule has 0 aliphatic heterocycles. The number of aromatic nitrogens is 3. The summed E-state index contributed by atoms with van der Waals surface area (Å²) in [5.41, 5.74) is 6.47. The lowest BCUT2D eigenvalue weighted by Crippen LogP contribution is -2.30. The number of carbonyl (C=O) groups excluding carboxylic acids is 1. The maximum absolute atomic E-state index is 12.2. The summed E-state index contributed by atoms with van der Waals surface area (Å²) in [6.07, 6.45) is 1.53. The van der Waals surface area contributed by atoms with Gasteiger partial charge in [0.2, 0.25) is 11.8 Å². The van der Waals surface area contributed by atoms with E-state index in [4.69, 9.17) is 4.74 Å². The van der Waals surface area contributed by atoms with Gasteiger partial charge >= 0.3 is 0 Å². The molecule has 3 rings (SSSR count). The average Bonchev–Trinajstić information content (AvgIpc) is 2.90. The lowest BCUT2D eigenvalue weighted by molar-refractivity contribution is 0.0957. The number of carbonyl (C=O) groups is 1. The predicted octanol–water partition coefficient (Wildman–Crippen LogP) is 2.49. The summed E-state index contributed by atoms with van der Waals surface area (Å²) in [5, 5.41) is 0.935. The largest absolute Gasteiger partial charge is 0.481 e. The highest BCUT2D eigenvalue weighted by Crippen LogP contribution is 2.27. The highest BCUT2D eigenvalue weighted by Gasteiger charge is 2.15. The Morgan fingerprint density at radius 2 is 2.14 bits per heavy atom. The summed E-state index contributed by atoms with van der Waals surface area (Å²) >= 11 is 3.43. The molecular weight excluding hydrogens is 350 g/mol. The van der Waals surface area contributed by atoms with Crippen molar-refractivity contribution < 1.29 is 9.53 Å². The number of methoxy groups -OCH3 is 1. The van der Waals surface area contributed by atoms with Gasteiger partial charge in [-0.05, 0) is 22.0 Å². The van der Waals surface area contributed by atoms with Gasteiger partial charge in [-0.25, -0.2) is 4.98 Å². The zero-order valence-electron chi connectivity index (χ0n) is 11.6. The van der Waals surface area contributed by atoms with Gasteiger partial charge in [-0.3, -0.25) is 15.6 Å². The van der Waals surface area contributed by atoms with Crippen LogP contribution in [0.3, 0.4) is 0 Å². The van der Waals surface area contributed by atoms with Crippen LogP contribution in [-0.2, 0) is 0 Å². The minimum absolute atomic E-state index is 0.236. The lowest BCUT2D eigenvalue weighted by atomic mass is 10.2. The highest BCUT2D eigenvalue weighted by atomic mass is 79.9. The number of hydrazine groups is 1. The molecule has 0 aliphatic rings. The summed E-state index contributed by atoms with van der Waals surface area (Å²) in [4.78, 5) is 23.3. The number of H-pyrrole nitrogens is 1. The van der Waals surface area contributed by atoms with Crippen LogP contribution in [0.1, 0.15) is 10.5 Å². The van der Waals surface area contributed by atoms with Crippen LogP contribution in [0, 0.1) is 0 Å². The average molecular weight is 362 g/mol. The fraction of sp³-hybridized carbons (Fsp3) is 0.0714. The van der Waals surface area contributed by atoms with E-state index in [-0.39, 0.29) is 11.9 Å². The number of hydrogen-bond acceptors (Lipinski definition) is 5. The van der Waals surface area contributed by atoms with Crippen LogP contribution in [0.25, 0.3) is 10.9 Å². The van der Waals surface area contributed by atoms with Gasteiger partial charge in [-0.15, -0.1) is 0 Å². The van der Waals surface area contributed by atoms with Gasteiger partial charge in [0, 0.05) is 23.2 Å². The molecule has 3 N–H and O–H groups in total. The van der Waals surface area contributed by atoms with Crippen molar-refractivity contribution in [2.24, 2.45) is 0 Å². The number of amides is 1. The molecule has 112 valence electrons. The SMILES string of the molecule is COc1ccnc(NNC(=O)c2[nH]c3ccccc3c2Br)n1. The predicted molar refractivity (Wildman–Crippen MR) is 85.7 cm³/mol. The first-order valence-corrected chi connectivity index (χ1v) is 7.18. The van der Waals surface area contributed by atoms with E-state index in [0.29, 0.717) is 16.0 Å². The van der Waals surface area contributed by atoms with E-state index in [1.165, 1.54) is 13.3 Å². The second kappa shape index (κ2) is 6.02. The van der Waals surface area contributed by atoms with E-state index < -0.39 is 0 Å². The van der Waals surface area contributed by atoms with Crippen LogP contribution in [0.15, 0.2) is 41.0 Å². The van der Waals surface area contributed by atoms with Gasteiger partial charge in [-0.1, -0.05) is 18.2 Å². The minimum Gasteiger partial charge on any atom is -0.481 e. The Morgan fingerprint density at radius 1 is 1.32 bits per heavy atom. The Labute approximate surface area is 134 Å². The molecule has 1 amide bonds. The van der Waals surface area contributed by atoms with Crippen molar-refractivity contribution in [3.63, 3.8) is 0 Å². The van der Waals surface area contributed by atoms with E-state index in [2.05, 4.69) is 41.7 Å². The van der Waals surface area contributed by atoms with Crippen LogP contribution >= 0.6 is 15.9 Å². The van der Waals surface area contributed by atoms with Crippen molar-refractivity contribution in [1.82, 2.24) is 20.4 Å². The third-order valence-electron chi connectivity index (χ3n) is 3.00. The first-order chi connectivity index (χ1) is 10.7. The molecule has 0 atom stereocenters. The number of fused-ring (bicyclic) bond motifs is 1. The van der Waals surface area contributed by atoms with Gasteiger partial charge in [0.05, 0.1) is 11.6 Å². The van der Waals surface area contributed by atoms with Crippen LogP contribution in [-0.4, -0.2) is 28.0 Å². The van der Waals surface area contributed by atoms with Crippen LogP contribution in [0.5, 0.6) is 5.88 Å². The molecule has 0 spiro atoms. The normalized spacial score (nSPS) is 10.5. The monoisotopic (exact) mass is 361 g/mol. The van der Waals surface area contributed by atoms with Crippen LogP contribution < -0.4 is 15.6 Å². The Balaban J connectivity index is 1.77. The number of aromatic amines is 1. The number of benzene rings is 1. The molecule has 2 aromatic heterocycles. The minimum atomic E-state index is -0.338. The topological polar surface area (TPSA) is 91.9 Å². The number of para-hydroxylation sites is 1. The quantitative estimate of drug-likeness (QED) is 0.621. The molecular formula is C14H12BrN5O2. The molecule has 7 nitrogen and oxygen atoms in total. The molecule has 0 unspecified atom stereocenters. The van der Waals surface area contributed by atoms with E-state index in [1.54, 1.807) is 6.07 Å². The van der Waals surface area contributed by atoms with E-state index in [9.17, 15) is 4.79 Å². The number of halogens is 1. The molecule has 8 heteroatoms. The van der Waals surface area contributed by atoms with Gasteiger partial charge in [-0.2, -0.15) is 4.98 Å². The van der Waals surface area contributed by atoms with Crippen molar-refractivity contribution in [1.29, 1.82) is 0 Å². The summed E-state index contributed by atoms with van der Waals surface area (Å²) in [5.74, 6) is 0.299. The highest BCUT2D eigenvalue weighted by molar-refractivity contribution is 9.10. The van der Waals surface area contributed by atoms with Crippen molar-refractivity contribution in [3.8, 4) is 5.88 Å². The first-order valence-electron chi connectivity index (χ1n) is 6.38. The fourth-order valence-corrected chi connectivity index (χ4v) is 2.58. The molecule has 22 heavy (non-hydrogen) atoms. The van der Waals surface area contributed by atoms with Crippen molar-refractivity contribution >= 4 is 38.7 Å². The maximum Gasteiger partial charge on any atom is 0.287 e. The number of ether oxygens (including phenoxy) is 1. The zero-order valence-corrected chi connectivity index (χ0v) is 13.1. The summed E-state index contributed by atoms with van der Waals surface area (Å²) in [7, 11) is 1.51. The maximum atomic E-state index is 12.2. The third kappa shape index (κ3) is 2.73. The van der Waals surface area contributed by atoms with Crippen molar-refractivity contribution in [3.05, 3.63) is 46.7 Å². The molecule has 0 bridgehead atoms. The molecule has 0 saturated heterocycles. The van der Waals surface area contributed by atoms with E-state index >= 15 is 0 Å². The summed E-state index contributed by atoms with van der Waals surface area (Å²) in [6, 6.07) is 9.24. The Bertz CT molecular complexity index is 833. The molecule has 2 heterocycles. The van der Waals surface area contributed by atoms with Gasteiger partial charge < -0.3 is 9.72 Å². The van der Waals surface area contributed by atoms with Crippen molar-refractivity contribution in [2.45, 2.75) is 0 Å². The zero-order chi connectivity index (χ0) is 15.5. The Kier molecular flexibility index (Phi) is 3.92. The second-order valence-corrected chi connectivity index (χ2v) is 5.15. The van der Waals surface area contributed by atoms with Crippen LogP contribution in [0.2, 0.25) is 0 Å². The third-order valence-corrected chi connectivity index (χ3v) is 3.82. The molecule has 3 aromatic rings. The molecule has 1 aromatic carbocycles.